The monoisotopic (exact) mass is 831 g/mol. The van der Waals surface area contributed by atoms with Crippen LogP contribution < -0.4 is 9.47 Å². The number of methoxy groups -OCH3 is 2. The minimum absolute atomic E-state index is 0.0308. The highest BCUT2D eigenvalue weighted by molar-refractivity contribution is 5.69. The number of rotatable bonds is 17. The molecule has 2 aliphatic heterocycles. The second kappa shape index (κ2) is 21.2. The molecule has 0 N–H and O–H groups in total. The molecule has 2 heterocycles. The summed E-state index contributed by atoms with van der Waals surface area (Å²) in [4.78, 5) is 97.5. The number of nitrogens with zero attached hydrogens (tertiary/aromatic N) is 1. The molecule has 2 saturated heterocycles. The van der Waals surface area contributed by atoms with Crippen molar-refractivity contribution in [2.75, 3.05) is 27.4 Å². The second-order valence-corrected chi connectivity index (χ2v) is 12.6. The molecule has 0 radical (unpaired) electrons. The average Bonchev–Trinajstić information content (AvgIpc) is 3.11. The van der Waals surface area contributed by atoms with Gasteiger partial charge in [-0.3, -0.25) is 43.7 Å². The number of nitro groups is 1. The summed E-state index contributed by atoms with van der Waals surface area (Å²) >= 11 is 0. The Balaban J connectivity index is 2.19. The summed E-state index contributed by atoms with van der Waals surface area (Å²) in [7, 11) is 2.57. The number of hydrogen-bond acceptors (Lipinski definition) is 22. The predicted octanol–water partition coefficient (Wildman–Crippen LogP) is 0.748. The lowest BCUT2D eigenvalue weighted by molar-refractivity contribution is -0.386. The molecule has 1 aromatic rings. The number of carbonyl (C=O) groups is 7. The Labute approximate surface area is 330 Å². The molecule has 10 atom stereocenters. The summed E-state index contributed by atoms with van der Waals surface area (Å²) in [6.07, 6.45) is -16.9. The number of carbonyl (C=O) groups excluding carboxylic acids is 7. The van der Waals surface area contributed by atoms with Crippen molar-refractivity contribution in [2.24, 2.45) is 0 Å². The summed E-state index contributed by atoms with van der Waals surface area (Å²) < 4.78 is 72.7. The lowest BCUT2D eigenvalue weighted by Gasteiger charge is -2.48. The van der Waals surface area contributed by atoms with Gasteiger partial charge in [-0.05, 0) is 6.07 Å². The van der Waals surface area contributed by atoms with Crippen LogP contribution in [0.3, 0.4) is 0 Å². The van der Waals surface area contributed by atoms with Crippen molar-refractivity contribution < 1.29 is 100 Å². The minimum Gasteiger partial charge on any atom is -0.493 e. The molecule has 0 aromatic heterocycles. The Hall–Kier alpha value is -5.65. The lowest BCUT2D eigenvalue weighted by atomic mass is 9.96. The Kier molecular flexibility index (Phi) is 17.1. The van der Waals surface area contributed by atoms with Gasteiger partial charge in [0.05, 0.1) is 37.4 Å². The third-order valence-electron chi connectivity index (χ3n) is 8.07. The molecule has 2 fully saturated rings. The van der Waals surface area contributed by atoms with Crippen molar-refractivity contribution >= 4 is 47.5 Å². The van der Waals surface area contributed by atoms with E-state index in [4.69, 9.17) is 61.6 Å². The number of ether oxygens (including phenoxy) is 13. The zero-order valence-corrected chi connectivity index (χ0v) is 33.0. The van der Waals surface area contributed by atoms with E-state index >= 15 is 0 Å². The van der Waals surface area contributed by atoms with E-state index in [-0.39, 0.29) is 17.1 Å². The van der Waals surface area contributed by atoms with E-state index < -0.39 is 134 Å². The molecule has 0 bridgehead atoms. The maximum Gasteiger partial charge on any atom is 0.303 e. The highest BCUT2D eigenvalue weighted by atomic mass is 16.8. The smallest absolute Gasteiger partial charge is 0.303 e. The quantitative estimate of drug-likeness (QED) is 0.0906. The second-order valence-electron chi connectivity index (χ2n) is 12.6. The summed E-state index contributed by atoms with van der Waals surface area (Å²) in [6.45, 7) is 5.23. The summed E-state index contributed by atoms with van der Waals surface area (Å²) in [5.74, 6) is -6.23. The zero-order valence-electron chi connectivity index (χ0n) is 33.0. The summed E-state index contributed by atoms with van der Waals surface area (Å²) in [6, 6.07) is 2.35. The third kappa shape index (κ3) is 12.9. The van der Waals surface area contributed by atoms with Crippen LogP contribution >= 0.6 is 0 Å². The van der Waals surface area contributed by atoms with Crippen molar-refractivity contribution in [1.82, 2.24) is 0 Å². The Morgan fingerprint density at radius 1 is 0.569 bits per heavy atom. The number of esters is 7. The van der Waals surface area contributed by atoms with Crippen LogP contribution in [-0.4, -0.2) is 136 Å². The topological polar surface area (TPSA) is 283 Å². The third-order valence-corrected chi connectivity index (χ3v) is 8.07. The van der Waals surface area contributed by atoms with Crippen LogP contribution in [0.15, 0.2) is 12.1 Å². The number of nitro benzene ring substituents is 1. The van der Waals surface area contributed by atoms with Crippen LogP contribution in [0.25, 0.3) is 0 Å². The van der Waals surface area contributed by atoms with Gasteiger partial charge >= 0.3 is 41.8 Å². The molecule has 0 unspecified atom stereocenters. The molecule has 23 heteroatoms. The summed E-state index contributed by atoms with van der Waals surface area (Å²) in [5, 5.41) is 12.0. The first-order valence-corrected chi connectivity index (χ1v) is 17.4. The molecular weight excluding hydrogens is 786 g/mol. The van der Waals surface area contributed by atoms with E-state index in [1.54, 1.807) is 0 Å². The molecule has 0 saturated carbocycles. The van der Waals surface area contributed by atoms with Crippen molar-refractivity contribution in [3.05, 3.63) is 27.8 Å². The van der Waals surface area contributed by atoms with Gasteiger partial charge in [0.15, 0.2) is 54.6 Å². The number of hydrogen-bond donors (Lipinski definition) is 0. The van der Waals surface area contributed by atoms with Gasteiger partial charge < -0.3 is 61.6 Å². The molecule has 0 spiro atoms. The molecule has 1 aromatic carbocycles. The first-order chi connectivity index (χ1) is 27.2. The van der Waals surface area contributed by atoms with Crippen molar-refractivity contribution in [2.45, 2.75) is 116 Å². The highest BCUT2D eigenvalue weighted by Crippen LogP contribution is 2.38. The van der Waals surface area contributed by atoms with Crippen LogP contribution in [0, 0.1) is 10.1 Å². The van der Waals surface area contributed by atoms with E-state index in [0.717, 1.165) is 54.5 Å². The molecule has 0 aliphatic carbocycles. The maximum absolute atomic E-state index is 12.7. The average molecular weight is 832 g/mol. The Morgan fingerprint density at radius 3 is 1.41 bits per heavy atom. The van der Waals surface area contributed by atoms with Crippen LogP contribution in [0.4, 0.5) is 5.69 Å². The molecule has 23 nitrogen and oxygen atoms in total. The molecule has 2 aliphatic rings. The molecule has 58 heavy (non-hydrogen) atoms. The van der Waals surface area contributed by atoms with Crippen molar-refractivity contribution in [3.63, 3.8) is 0 Å². The van der Waals surface area contributed by atoms with Gasteiger partial charge in [-0.2, -0.15) is 0 Å². The van der Waals surface area contributed by atoms with Gasteiger partial charge in [-0.25, -0.2) is 0 Å². The highest BCUT2D eigenvalue weighted by Gasteiger charge is 2.57. The van der Waals surface area contributed by atoms with Crippen LogP contribution in [0.1, 0.15) is 54.0 Å². The van der Waals surface area contributed by atoms with E-state index in [1.165, 1.54) is 20.3 Å². The van der Waals surface area contributed by atoms with Gasteiger partial charge in [-0.1, -0.05) is 0 Å². The van der Waals surface area contributed by atoms with Crippen molar-refractivity contribution in [1.29, 1.82) is 0 Å². The standard InChI is InChI=1S/C35H45NO22/c1-15(37)48-13-26-28(51-17(3)39)30(52-18(4)40)33(55-21(7)43)35(57-26)58-29-27(14-49-16(2)38)56-34(32(54-20(6)42)31(29)53-19(5)41)50-12-22-10-24(46-8)25(47-9)11-23(22)36(44)45/h10-11,26-35H,12-14H2,1-9H3/t26-,27-,28+,29-,30+,31+,32-,33-,34-,35+/m1/s1. The van der Waals surface area contributed by atoms with Gasteiger partial charge in [0.2, 0.25) is 0 Å². The SMILES string of the molecule is COc1cc(CO[C@@H]2O[C@H](COC(C)=O)[C@@H](O[C@@H]3O[C@H](COC(C)=O)[C@H](OC(C)=O)[C@H](OC(C)=O)[C@H]3OC(C)=O)[C@H](OC(C)=O)[C@H]2OC(C)=O)c([N+](=O)[O-])cc1OC. The molecule has 3 rings (SSSR count). The van der Waals surface area contributed by atoms with Crippen LogP contribution in [0.5, 0.6) is 11.5 Å². The van der Waals surface area contributed by atoms with Gasteiger partial charge in [0, 0.05) is 48.5 Å². The van der Waals surface area contributed by atoms with E-state index in [0.29, 0.717) is 0 Å². The van der Waals surface area contributed by atoms with E-state index in [9.17, 15) is 43.7 Å². The fourth-order valence-electron chi connectivity index (χ4n) is 5.97. The van der Waals surface area contributed by atoms with Crippen LogP contribution in [-0.2, 0) is 92.3 Å². The van der Waals surface area contributed by atoms with Gasteiger partial charge in [-0.15, -0.1) is 0 Å². The fourth-order valence-corrected chi connectivity index (χ4v) is 5.97. The molecule has 0 amide bonds. The lowest BCUT2D eigenvalue weighted by Crippen LogP contribution is -2.67. The zero-order chi connectivity index (χ0) is 43.4. The number of benzene rings is 1. The van der Waals surface area contributed by atoms with Gasteiger partial charge in [0.25, 0.3) is 5.69 Å². The van der Waals surface area contributed by atoms with E-state index in [1.807, 2.05) is 0 Å². The largest absolute Gasteiger partial charge is 0.493 e. The molecular formula is C35H45NO22. The maximum atomic E-state index is 12.7. The van der Waals surface area contributed by atoms with Crippen LogP contribution in [0.2, 0.25) is 0 Å². The van der Waals surface area contributed by atoms with E-state index in [2.05, 4.69) is 0 Å². The normalized spacial score (nSPS) is 26.5. The first kappa shape index (κ1) is 46.7. The first-order valence-electron chi connectivity index (χ1n) is 17.4. The minimum atomic E-state index is -1.89. The fraction of sp³-hybridized carbons (Fsp3) is 0.629. The predicted molar refractivity (Wildman–Crippen MR) is 184 cm³/mol. The molecule has 322 valence electrons. The Morgan fingerprint density at radius 2 is 0.966 bits per heavy atom. The Bertz CT molecular complexity index is 1700. The summed E-state index contributed by atoms with van der Waals surface area (Å²) in [5.41, 5.74) is -0.528. The van der Waals surface area contributed by atoms with Crippen molar-refractivity contribution in [3.8, 4) is 11.5 Å². The van der Waals surface area contributed by atoms with Gasteiger partial charge in [0.1, 0.15) is 31.5 Å².